The summed E-state index contributed by atoms with van der Waals surface area (Å²) in [7, 11) is 1.75. The van der Waals surface area contributed by atoms with E-state index in [0.29, 0.717) is 0 Å². The molecule has 0 saturated heterocycles. The van der Waals surface area contributed by atoms with Crippen molar-refractivity contribution < 1.29 is 4.74 Å². The van der Waals surface area contributed by atoms with Crippen molar-refractivity contribution in [2.75, 3.05) is 13.7 Å². The molecule has 1 unspecified atom stereocenters. The van der Waals surface area contributed by atoms with Crippen LogP contribution in [-0.4, -0.2) is 18.6 Å². The molecule has 0 aliphatic carbocycles. The van der Waals surface area contributed by atoms with Crippen LogP contribution in [0.1, 0.15) is 45.2 Å². The van der Waals surface area contributed by atoms with Crippen LogP contribution in [0.15, 0.2) is 12.1 Å². The molecule has 0 saturated carbocycles. The number of benzene rings is 1. The Balaban J connectivity index is 2.58. The third-order valence-electron chi connectivity index (χ3n) is 3.83. The lowest BCUT2D eigenvalue weighted by atomic mass is 9.97. The fourth-order valence-corrected chi connectivity index (χ4v) is 3.69. The maximum Gasteiger partial charge on any atom is 0.127 e. The van der Waals surface area contributed by atoms with E-state index in [0.717, 1.165) is 23.0 Å². The van der Waals surface area contributed by atoms with Gasteiger partial charge >= 0.3 is 0 Å². The molecule has 4 heteroatoms. The molecule has 0 spiro atoms. The Morgan fingerprint density at radius 3 is 2.48 bits per heavy atom. The zero-order chi connectivity index (χ0) is 15.6. The summed E-state index contributed by atoms with van der Waals surface area (Å²) in [6, 6.07) is 4.47. The van der Waals surface area contributed by atoms with Crippen LogP contribution < -0.4 is 10.1 Å². The Labute approximate surface area is 131 Å². The lowest BCUT2D eigenvalue weighted by Gasteiger charge is -2.22. The van der Waals surface area contributed by atoms with Gasteiger partial charge < -0.3 is 10.1 Å². The average molecular weight is 304 g/mol. The largest absolute Gasteiger partial charge is 0.496 e. The molecule has 1 heterocycles. The number of aromatic nitrogens is 1. The van der Waals surface area contributed by atoms with Crippen LogP contribution in [0.2, 0.25) is 0 Å². The second-order valence-corrected chi connectivity index (χ2v) is 6.54. The van der Waals surface area contributed by atoms with Gasteiger partial charge in [0.05, 0.1) is 23.9 Å². The van der Waals surface area contributed by atoms with Crippen LogP contribution in [0, 0.1) is 27.7 Å². The summed E-state index contributed by atoms with van der Waals surface area (Å²) in [4.78, 5) is 5.85. The average Bonchev–Trinajstić information content (AvgIpc) is 2.78. The number of hydrogen-bond acceptors (Lipinski definition) is 4. The van der Waals surface area contributed by atoms with Gasteiger partial charge in [0.2, 0.25) is 0 Å². The second-order valence-electron chi connectivity index (χ2n) is 5.30. The van der Waals surface area contributed by atoms with Gasteiger partial charge in [0.15, 0.2) is 0 Å². The van der Waals surface area contributed by atoms with Crippen molar-refractivity contribution in [1.29, 1.82) is 0 Å². The predicted octanol–water partition coefficient (Wildman–Crippen LogP) is 4.08. The highest BCUT2D eigenvalue weighted by atomic mass is 32.1. The maximum atomic E-state index is 5.70. The molecule has 0 fully saturated rings. The van der Waals surface area contributed by atoms with Crippen LogP contribution in [0.5, 0.6) is 5.75 Å². The predicted molar refractivity (Wildman–Crippen MR) is 89.6 cm³/mol. The number of nitrogens with one attached hydrogen (secondary N) is 1. The zero-order valence-corrected chi connectivity index (χ0v) is 14.5. The minimum Gasteiger partial charge on any atom is -0.496 e. The molecule has 0 aliphatic heterocycles. The molecule has 1 atom stereocenters. The van der Waals surface area contributed by atoms with E-state index in [1.54, 1.807) is 18.4 Å². The van der Waals surface area contributed by atoms with Crippen LogP contribution in [-0.2, 0) is 0 Å². The Morgan fingerprint density at radius 1 is 1.24 bits per heavy atom. The normalized spacial score (nSPS) is 12.5. The van der Waals surface area contributed by atoms with E-state index in [4.69, 9.17) is 4.74 Å². The fourth-order valence-electron chi connectivity index (χ4n) is 2.67. The van der Waals surface area contributed by atoms with Crippen LogP contribution in [0.3, 0.4) is 0 Å². The van der Waals surface area contributed by atoms with Crippen molar-refractivity contribution in [2.45, 2.75) is 40.7 Å². The summed E-state index contributed by atoms with van der Waals surface area (Å²) < 4.78 is 5.70. The molecule has 1 N–H and O–H groups in total. The number of aryl methyl sites for hydroxylation is 3. The Kier molecular flexibility index (Phi) is 5.01. The van der Waals surface area contributed by atoms with E-state index < -0.39 is 0 Å². The van der Waals surface area contributed by atoms with Gasteiger partial charge in [-0.05, 0) is 45.4 Å². The molecule has 0 aliphatic rings. The summed E-state index contributed by atoms with van der Waals surface area (Å²) in [6.45, 7) is 11.4. The molecular formula is C17H24N2OS. The maximum absolute atomic E-state index is 5.70. The Morgan fingerprint density at radius 2 is 1.95 bits per heavy atom. The van der Waals surface area contributed by atoms with Crippen molar-refractivity contribution >= 4 is 11.3 Å². The number of methoxy groups -OCH3 is 1. The molecule has 1 aromatic carbocycles. The molecule has 0 amide bonds. The summed E-state index contributed by atoms with van der Waals surface area (Å²) in [5.74, 6) is 0.978. The SMILES string of the molecule is CCNC(c1ccc(C)c(C)c1OC)c1sc(C)nc1C. The van der Waals surface area contributed by atoms with E-state index in [2.05, 4.69) is 57.1 Å². The van der Waals surface area contributed by atoms with Crippen LogP contribution in [0.25, 0.3) is 0 Å². The summed E-state index contributed by atoms with van der Waals surface area (Å²) in [6.07, 6.45) is 0. The minimum absolute atomic E-state index is 0.135. The first kappa shape index (κ1) is 16.0. The van der Waals surface area contributed by atoms with Crippen LogP contribution >= 0.6 is 11.3 Å². The van der Waals surface area contributed by atoms with Crippen molar-refractivity contribution in [3.05, 3.63) is 44.4 Å². The van der Waals surface area contributed by atoms with Gasteiger partial charge in [-0.2, -0.15) is 0 Å². The molecule has 0 radical (unpaired) electrons. The minimum atomic E-state index is 0.135. The first-order valence-corrected chi connectivity index (χ1v) is 8.12. The number of rotatable bonds is 5. The Hall–Kier alpha value is -1.39. The first-order valence-electron chi connectivity index (χ1n) is 7.31. The number of nitrogens with zero attached hydrogens (tertiary/aromatic N) is 1. The van der Waals surface area contributed by atoms with E-state index >= 15 is 0 Å². The quantitative estimate of drug-likeness (QED) is 0.903. The molecular weight excluding hydrogens is 280 g/mol. The van der Waals surface area contributed by atoms with Gasteiger partial charge in [-0.15, -0.1) is 11.3 Å². The summed E-state index contributed by atoms with van der Waals surface area (Å²) >= 11 is 1.76. The molecule has 2 rings (SSSR count). The van der Waals surface area contributed by atoms with Gasteiger partial charge in [-0.25, -0.2) is 4.98 Å². The smallest absolute Gasteiger partial charge is 0.127 e. The van der Waals surface area contributed by atoms with Crippen molar-refractivity contribution in [3.8, 4) is 5.75 Å². The van der Waals surface area contributed by atoms with Crippen molar-refractivity contribution in [1.82, 2.24) is 10.3 Å². The molecule has 21 heavy (non-hydrogen) atoms. The topological polar surface area (TPSA) is 34.1 Å². The monoisotopic (exact) mass is 304 g/mol. The van der Waals surface area contributed by atoms with Gasteiger partial charge in [0.25, 0.3) is 0 Å². The van der Waals surface area contributed by atoms with E-state index in [-0.39, 0.29) is 6.04 Å². The molecule has 3 nitrogen and oxygen atoms in total. The van der Waals surface area contributed by atoms with Crippen molar-refractivity contribution in [3.63, 3.8) is 0 Å². The van der Waals surface area contributed by atoms with E-state index in [1.165, 1.54) is 21.6 Å². The highest BCUT2D eigenvalue weighted by Gasteiger charge is 2.23. The van der Waals surface area contributed by atoms with E-state index in [1.807, 2.05) is 0 Å². The standard InChI is InChI=1S/C17H24N2OS/c1-7-18-15(17-12(4)19-13(5)21-17)14-9-8-10(2)11(3)16(14)20-6/h8-9,15,18H,7H2,1-6H3. The zero-order valence-electron chi connectivity index (χ0n) is 13.7. The van der Waals surface area contributed by atoms with E-state index in [9.17, 15) is 0 Å². The van der Waals surface area contributed by atoms with Gasteiger partial charge in [-0.3, -0.25) is 0 Å². The van der Waals surface area contributed by atoms with Gasteiger partial charge in [0.1, 0.15) is 5.75 Å². The first-order chi connectivity index (χ1) is 9.99. The molecule has 114 valence electrons. The third kappa shape index (κ3) is 3.11. The summed E-state index contributed by atoms with van der Waals surface area (Å²) in [5.41, 5.74) is 4.75. The number of hydrogen-bond donors (Lipinski definition) is 1. The fraction of sp³-hybridized carbons (Fsp3) is 0.471. The van der Waals surface area contributed by atoms with Crippen LogP contribution in [0.4, 0.5) is 0 Å². The molecule has 1 aromatic heterocycles. The lowest BCUT2D eigenvalue weighted by Crippen LogP contribution is -2.22. The molecule has 0 bridgehead atoms. The van der Waals surface area contributed by atoms with Crippen molar-refractivity contribution in [2.24, 2.45) is 0 Å². The second kappa shape index (κ2) is 6.58. The van der Waals surface area contributed by atoms with Gasteiger partial charge in [0, 0.05) is 10.4 Å². The number of ether oxygens (including phenoxy) is 1. The summed E-state index contributed by atoms with van der Waals surface area (Å²) in [5, 5.41) is 4.69. The van der Waals surface area contributed by atoms with Gasteiger partial charge in [-0.1, -0.05) is 19.1 Å². The third-order valence-corrected chi connectivity index (χ3v) is 4.97. The number of thiazole rings is 1. The highest BCUT2D eigenvalue weighted by Crippen LogP contribution is 2.37. The highest BCUT2D eigenvalue weighted by molar-refractivity contribution is 7.11. The molecule has 2 aromatic rings. The Bertz CT molecular complexity index is 634. The lowest BCUT2D eigenvalue weighted by molar-refractivity contribution is 0.401.